The molecule has 2 atom stereocenters. The van der Waals surface area contributed by atoms with E-state index >= 15 is 0 Å². The number of unbranched alkanes of at least 4 members (excludes halogenated alkanes) is 29. The van der Waals surface area contributed by atoms with Crippen molar-refractivity contribution in [3.05, 3.63) is 36.5 Å². The number of hydrogen-bond donors (Lipinski definition) is 3. The summed E-state index contributed by atoms with van der Waals surface area (Å²) in [7, 11) is -4.42. The first-order valence-corrected chi connectivity index (χ1v) is 27.0. The molecule has 0 heterocycles. The zero-order valence-electron chi connectivity index (χ0n) is 39.6. The number of amides is 1. The van der Waals surface area contributed by atoms with Gasteiger partial charge in [0.15, 0.2) is 0 Å². The van der Waals surface area contributed by atoms with E-state index in [-0.39, 0.29) is 32.1 Å². The van der Waals surface area contributed by atoms with Crippen LogP contribution in [0.5, 0.6) is 0 Å². The molecular formula is C51H96NO8P. The number of ether oxygens (including phenoxy) is 1. The SMILES string of the molecule is CCCCC/C=C\C/C=C\C/C=C\CCCCCCCCCCC(=O)OCC(O)COP(=O)(O)OCCNC(=O)CCCCCCCCCCCCCCCCCCCCC. The lowest BCUT2D eigenvalue weighted by atomic mass is 10.0. The number of carbonyl (C=O) groups is 2. The smallest absolute Gasteiger partial charge is 0.463 e. The molecule has 1 amide bonds. The maximum absolute atomic E-state index is 12.1. The second-order valence-corrected chi connectivity index (χ2v) is 18.6. The molecule has 0 rings (SSSR count). The number of nitrogens with one attached hydrogen (secondary N) is 1. The minimum atomic E-state index is -4.42. The lowest BCUT2D eigenvalue weighted by Crippen LogP contribution is -2.27. The molecular weight excluding hydrogens is 786 g/mol. The van der Waals surface area contributed by atoms with Gasteiger partial charge in [0.05, 0.1) is 13.2 Å². The summed E-state index contributed by atoms with van der Waals surface area (Å²) in [5, 5.41) is 12.8. The number of phosphoric acid groups is 1. The first-order chi connectivity index (χ1) is 29.8. The van der Waals surface area contributed by atoms with Crippen molar-refractivity contribution in [3.8, 4) is 0 Å². The van der Waals surface area contributed by atoms with E-state index in [0.717, 1.165) is 64.2 Å². The fourth-order valence-corrected chi connectivity index (χ4v) is 7.97. The van der Waals surface area contributed by atoms with E-state index in [1.165, 1.54) is 154 Å². The quantitative estimate of drug-likeness (QED) is 0.0238. The van der Waals surface area contributed by atoms with Crippen molar-refractivity contribution in [1.29, 1.82) is 0 Å². The molecule has 0 aliphatic rings. The van der Waals surface area contributed by atoms with E-state index in [4.69, 9.17) is 13.8 Å². The van der Waals surface area contributed by atoms with Crippen LogP contribution in [0.25, 0.3) is 0 Å². The van der Waals surface area contributed by atoms with Crippen LogP contribution < -0.4 is 5.32 Å². The molecule has 9 nitrogen and oxygen atoms in total. The Labute approximate surface area is 375 Å². The van der Waals surface area contributed by atoms with Gasteiger partial charge >= 0.3 is 13.8 Å². The Morgan fingerprint density at radius 1 is 0.508 bits per heavy atom. The third-order valence-corrected chi connectivity index (χ3v) is 12.1. The van der Waals surface area contributed by atoms with Crippen LogP contribution in [-0.2, 0) is 27.9 Å². The van der Waals surface area contributed by atoms with Crippen LogP contribution >= 0.6 is 7.82 Å². The van der Waals surface area contributed by atoms with Gasteiger partial charge in [-0.2, -0.15) is 0 Å². The highest BCUT2D eigenvalue weighted by atomic mass is 31.2. The monoisotopic (exact) mass is 882 g/mol. The number of hydrogen-bond acceptors (Lipinski definition) is 7. The zero-order chi connectivity index (χ0) is 44.6. The lowest BCUT2D eigenvalue weighted by Gasteiger charge is -2.15. The van der Waals surface area contributed by atoms with Crippen LogP contribution in [0, 0.1) is 0 Å². The van der Waals surface area contributed by atoms with Gasteiger partial charge in [-0.15, -0.1) is 0 Å². The van der Waals surface area contributed by atoms with Gasteiger partial charge < -0.3 is 20.1 Å². The second-order valence-electron chi connectivity index (χ2n) is 17.1. The largest absolute Gasteiger partial charge is 0.472 e. The molecule has 2 unspecified atom stereocenters. The standard InChI is InChI=1S/C51H96NO8P/c1-3-5-7-9-11-13-15-17-19-21-23-24-26-28-30-32-34-36-38-40-42-44-51(55)58-47-49(53)48-60-61(56,57)59-46-45-52-50(54)43-41-39-37-35-33-31-29-27-25-22-20-18-16-14-12-10-8-6-4-2/h11,13,17,19,23-24,49,53H,3-10,12,14-16,18,20-22,25-48H2,1-2H3,(H,52,54)(H,56,57)/b13-11-,19-17-,24-23-. The van der Waals surface area contributed by atoms with Gasteiger partial charge in [-0.3, -0.25) is 18.6 Å². The van der Waals surface area contributed by atoms with Gasteiger partial charge in [0.1, 0.15) is 12.7 Å². The number of esters is 1. The van der Waals surface area contributed by atoms with Gasteiger partial charge in [-0.05, 0) is 51.4 Å². The summed E-state index contributed by atoms with van der Waals surface area (Å²) >= 11 is 0. The van der Waals surface area contributed by atoms with E-state index in [1.54, 1.807) is 0 Å². The minimum absolute atomic E-state index is 0.0837. The Morgan fingerprint density at radius 3 is 1.36 bits per heavy atom. The summed E-state index contributed by atoms with van der Waals surface area (Å²) in [4.78, 5) is 34.1. The minimum Gasteiger partial charge on any atom is -0.463 e. The molecule has 0 saturated carbocycles. The summed E-state index contributed by atoms with van der Waals surface area (Å²) in [6.07, 6.45) is 55.1. The van der Waals surface area contributed by atoms with Crippen molar-refractivity contribution in [2.75, 3.05) is 26.4 Å². The average molecular weight is 882 g/mol. The predicted molar refractivity (Wildman–Crippen MR) is 257 cm³/mol. The van der Waals surface area contributed by atoms with E-state index < -0.39 is 26.5 Å². The highest BCUT2D eigenvalue weighted by Crippen LogP contribution is 2.42. The topological polar surface area (TPSA) is 131 Å². The summed E-state index contributed by atoms with van der Waals surface area (Å²) in [6, 6.07) is 0. The van der Waals surface area contributed by atoms with Gasteiger partial charge in [-0.1, -0.05) is 217 Å². The molecule has 0 spiro atoms. The molecule has 0 aliphatic carbocycles. The van der Waals surface area contributed by atoms with Crippen LogP contribution in [0.2, 0.25) is 0 Å². The Kier molecular flexibility index (Phi) is 46.3. The zero-order valence-corrected chi connectivity index (χ0v) is 40.5. The number of carbonyl (C=O) groups excluding carboxylic acids is 2. The van der Waals surface area contributed by atoms with Gasteiger partial charge in [-0.25, -0.2) is 4.57 Å². The Hall–Kier alpha value is -1.77. The number of allylic oxidation sites excluding steroid dienone is 6. The van der Waals surface area contributed by atoms with Gasteiger partial charge in [0, 0.05) is 19.4 Å². The van der Waals surface area contributed by atoms with Crippen LogP contribution in [0.3, 0.4) is 0 Å². The number of aliphatic hydroxyl groups is 1. The van der Waals surface area contributed by atoms with E-state index in [1.807, 2.05) is 0 Å². The summed E-state index contributed by atoms with van der Waals surface area (Å²) < 4.78 is 27.0. The molecule has 10 heteroatoms. The van der Waals surface area contributed by atoms with Crippen molar-refractivity contribution in [1.82, 2.24) is 5.32 Å². The lowest BCUT2D eigenvalue weighted by molar-refractivity contribution is -0.147. The Bertz CT molecular complexity index is 1100. The molecule has 0 aromatic heterocycles. The molecule has 3 N–H and O–H groups in total. The predicted octanol–water partition coefficient (Wildman–Crippen LogP) is 14.9. The molecule has 358 valence electrons. The van der Waals surface area contributed by atoms with Crippen molar-refractivity contribution in [2.24, 2.45) is 0 Å². The van der Waals surface area contributed by atoms with Crippen LogP contribution in [0.15, 0.2) is 36.5 Å². The highest BCUT2D eigenvalue weighted by molar-refractivity contribution is 7.47. The third-order valence-electron chi connectivity index (χ3n) is 11.1. The maximum Gasteiger partial charge on any atom is 0.472 e. The number of phosphoric ester groups is 1. The van der Waals surface area contributed by atoms with E-state index in [9.17, 15) is 24.2 Å². The molecule has 61 heavy (non-hydrogen) atoms. The molecule has 0 fully saturated rings. The fourth-order valence-electron chi connectivity index (χ4n) is 7.21. The third kappa shape index (κ3) is 49.1. The van der Waals surface area contributed by atoms with Crippen molar-refractivity contribution >= 4 is 19.7 Å². The number of rotatable bonds is 48. The van der Waals surface area contributed by atoms with Crippen LogP contribution in [0.4, 0.5) is 0 Å². The average Bonchev–Trinajstić information content (AvgIpc) is 3.25. The first kappa shape index (κ1) is 59.2. The maximum atomic E-state index is 12.1. The fraction of sp³-hybridized carbons (Fsp3) is 0.843. The van der Waals surface area contributed by atoms with Crippen molar-refractivity contribution < 1.29 is 37.9 Å². The van der Waals surface area contributed by atoms with Crippen LogP contribution in [-0.4, -0.2) is 54.3 Å². The summed E-state index contributed by atoms with van der Waals surface area (Å²) in [6.45, 7) is 3.56. The summed E-state index contributed by atoms with van der Waals surface area (Å²) in [5.41, 5.74) is 0. The van der Waals surface area contributed by atoms with Crippen molar-refractivity contribution in [2.45, 2.75) is 251 Å². The molecule has 0 aliphatic heterocycles. The molecule has 0 aromatic rings. The van der Waals surface area contributed by atoms with Crippen LogP contribution in [0.1, 0.15) is 245 Å². The van der Waals surface area contributed by atoms with Crippen molar-refractivity contribution in [3.63, 3.8) is 0 Å². The normalized spacial score (nSPS) is 13.4. The number of aliphatic hydroxyl groups excluding tert-OH is 1. The first-order valence-electron chi connectivity index (χ1n) is 25.5. The van der Waals surface area contributed by atoms with Gasteiger partial charge in [0.2, 0.25) is 5.91 Å². The summed E-state index contributed by atoms with van der Waals surface area (Å²) in [5.74, 6) is -0.515. The Morgan fingerprint density at radius 2 is 0.885 bits per heavy atom. The highest BCUT2D eigenvalue weighted by Gasteiger charge is 2.23. The Balaban J connectivity index is 3.56. The van der Waals surface area contributed by atoms with E-state index in [0.29, 0.717) is 6.42 Å². The second kappa shape index (κ2) is 47.7. The molecule has 0 bridgehead atoms. The van der Waals surface area contributed by atoms with E-state index in [2.05, 4.69) is 55.6 Å². The molecule has 0 saturated heterocycles. The molecule has 0 radical (unpaired) electrons. The van der Waals surface area contributed by atoms with Gasteiger partial charge in [0.25, 0.3) is 0 Å². The molecule has 0 aromatic carbocycles.